The predicted molar refractivity (Wildman–Crippen MR) is 71.9 cm³/mol. The van der Waals surface area contributed by atoms with Crippen LogP contribution in [0.1, 0.15) is 45.3 Å². The molecule has 2 atom stereocenters. The Morgan fingerprint density at radius 2 is 2.06 bits per heavy atom. The Bertz CT molecular complexity index is 309. The fraction of sp³-hybridized carbons (Fsp3) is 0.571. The van der Waals surface area contributed by atoms with Crippen molar-refractivity contribution in [3.05, 3.63) is 29.8 Å². The number of aliphatic hydroxyl groups excluding tert-OH is 1. The molecule has 16 heavy (non-hydrogen) atoms. The molecule has 2 heteroatoms. The smallest absolute Gasteiger partial charge is 0.0762 e. The second-order valence-corrected chi connectivity index (χ2v) is 5.55. The molecular weight excluding hydrogens is 216 g/mol. The van der Waals surface area contributed by atoms with Gasteiger partial charge in [-0.05, 0) is 30.5 Å². The van der Waals surface area contributed by atoms with E-state index in [0.717, 1.165) is 17.2 Å². The summed E-state index contributed by atoms with van der Waals surface area (Å²) in [5.41, 5.74) is 1.01. The van der Waals surface area contributed by atoms with E-state index in [4.69, 9.17) is 0 Å². The maximum atomic E-state index is 9.50. The molecule has 1 rings (SSSR count). The molecule has 0 bridgehead atoms. The van der Waals surface area contributed by atoms with Gasteiger partial charge in [0.25, 0.3) is 0 Å². The van der Waals surface area contributed by atoms with Gasteiger partial charge in [-0.25, -0.2) is 0 Å². The van der Waals surface area contributed by atoms with Gasteiger partial charge in [0.15, 0.2) is 0 Å². The maximum absolute atomic E-state index is 9.50. The van der Waals surface area contributed by atoms with Gasteiger partial charge >= 0.3 is 0 Å². The first-order chi connectivity index (χ1) is 7.63. The Hall–Kier alpha value is -0.470. The van der Waals surface area contributed by atoms with Crippen molar-refractivity contribution in [1.29, 1.82) is 0 Å². The van der Waals surface area contributed by atoms with E-state index >= 15 is 0 Å². The van der Waals surface area contributed by atoms with E-state index in [2.05, 4.69) is 26.0 Å². The Balaban J connectivity index is 2.50. The molecule has 1 nitrogen and oxygen atoms in total. The minimum atomic E-state index is -0.367. The summed E-state index contributed by atoms with van der Waals surface area (Å²) in [6, 6.07) is 8.21. The highest BCUT2D eigenvalue weighted by atomic mass is 32.2. The van der Waals surface area contributed by atoms with Gasteiger partial charge in [-0.3, -0.25) is 0 Å². The van der Waals surface area contributed by atoms with Crippen LogP contribution in [0.2, 0.25) is 0 Å². The van der Waals surface area contributed by atoms with Crippen molar-refractivity contribution < 1.29 is 5.11 Å². The highest BCUT2D eigenvalue weighted by Gasteiger charge is 2.04. The van der Waals surface area contributed by atoms with Gasteiger partial charge in [0.2, 0.25) is 0 Å². The van der Waals surface area contributed by atoms with Gasteiger partial charge in [-0.1, -0.05) is 38.8 Å². The van der Waals surface area contributed by atoms with Crippen molar-refractivity contribution in [2.24, 2.45) is 5.92 Å². The predicted octanol–water partition coefficient (Wildman–Crippen LogP) is 4.27. The van der Waals surface area contributed by atoms with Crippen molar-refractivity contribution in [3.63, 3.8) is 0 Å². The normalized spacial score (nSPS) is 14.8. The molecule has 1 N–H and O–H groups in total. The number of thioether (sulfide) groups is 1. The van der Waals surface area contributed by atoms with Crippen molar-refractivity contribution in [3.8, 4) is 0 Å². The monoisotopic (exact) mass is 238 g/mol. The standard InChI is InChI=1S/C14H22OS/c1-4-6-11(2)10-16-14-8-5-7-13(9-14)12(3)15/h5,7-9,11-12,15H,4,6,10H2,1-3H3. The van der Waals surface area contributed by atoms with Crippen LogP contribution in [-0.2, 0) is 0 Å². The molecule has 0 heterocycles. The molecule has 0 saturated heterocycles. The van der Waals surface area contributed by atoms with Gasteiger partial charge in [-0.2, -0.15) is 0 Å². The summed E-state index contributed by atoms with van der Waals surface area (Å²) in [5, 5.41) is 9.50. The van der Waals surface area contributed by atoms with Crippen LogP contribution in [0.15, 0.2) is 29.2 Å². The maximum Gasteiger partial charge on any atom is 0.0762 e. The number of hydrogen-bond donors (Lipinski definition) is 1. The lowest BCUT2D eigenvalue weighted by Gasteiger charge is -2.11. The second kappa shape index (κ2) is 6.97. The van der Waals surface area contributed by atoms with Crippen molar-refractivity contribution in [2.45, 2.75) is 44.6 Å². The zero-order chi connectivity index (χ0) is 12.0. The number of aliphatic hydroxyl groups is 1. The van der Waals surface area contributed by atoms with Crippen LogP contribution in [0.4, 0.5) is 0 Å². The fourth-order valence-electron chi connectivity index (χ4n) is 1.68. The Morgan fingerprint density at radius 1 is 1.31 bits per heavy atom. The van der Waals surface area contributed by atoms with E-state index in [1.54, 1.807) is 0 Å². The third-order valence-corrected chi connectivity index (χ3v) is 3.98. The summed E-state index contributed by atoms with van der Waals surface area (Å²) in [7, 11) is 0. The van der Waals surface area contributed by atoms with E-state index < -0.39 is 0 Å². The molecule has 0 radical (unpaired) electrons. The molecule has 0 fully saturated rings. The lowest BCUT2D eigenvalue weighted by molar-refractivity contribution is 0.199. The van der Waals surface area contributed by atoms with Gasteiger partial charge in [0.05, 0.1) is 6.10 Å². The first-order valence-corrected chi connectivity index (χ1v) is 7.02. The fourth-order valence-corrected chi connectivity index (χ4v) is 2.72. The first kappa shape index (κ1) is 13.6. The van der Waals surface area contributed by atoms with Crippen LogP contribution >= 0.6 is 11.8 Å². The zero-order valence-electron chi connectivity index (χ0n) is 10.4. The van der Waals surface area contributed by atoms with Gasteiger partial charge < -0.3 is 5.11 Å². The number of hydrogen-bond acceptors (Lipinski definition) is 2. The quantitative estimate of drug-likeness (QED) is 0.747. The molecule has 0 aliphatic heterocycles. The minimum absolute atomic E-state index is 0.367. The van der Waals surface area contributed by atoms with Gasteiger partial charge in [0, 0.05) is 10.6 Å². The summed E-state index contributed by atoms with van der Waals surface area (Å²) in [6.45, 7) is 6.34. The minimum Gasteiger partial charge on any atom is -0.389 e. The molecule has 0 aromatic heterocycles. The van der Waals surface area contributed by atoms with Gasteiger partial charge in [0.1, 0.15) is 0 Å². The third-order valence-electron chi connectivity index (χ3n) is 2.66. The molecule has 0 aliphatic carbocycles. The molecule has 0 amide bonds. The molecular formula is C14H22OS. The van der Waals surface area contributed by atoms with Crippen LogP contribution in [0.5, 0.6) is 0 Å². The Labute approximate surface area is 103 Å². The first-order valence-electron chi connectivity index (χ1n) is 6.04. The summed E-state index contributed by atoms with van der Waals surface area (Å²) in [5.74, 6) is 1.93. The van der Waals surface area contributed by atoms with Crippen LogP contribution < -0.4 is 0 Å². The van der Waals surface area contributed by atoms with E-state index in [1.165, 1.54) is 17.7 Å². The van der Waals surface area contributed by atoms with Crippen molar-refractivity contribution in [2.75, 3.05) is 5.75 Å². The largest absolute Gasteiger partial charge is 0.389 e. The Kier molecular flexibility index (Phi) is 5.93. The lowest BCUT2D eigenvalue weighted by Crippen LogP contribution is -1.97. The SMILES string of the molecule is CCCC(C)CSc1cccc(C(C)O)c1. The molecule has 1 aromatic carbocycles. The molecule has 0 aliphatic rings. The topological polar surface area (TPSA) is 20.2 Å². The van der Waals surface area contributed by atoms with E-state index in [0.29, 0.717) is 0 Å². The highest BCUT2D eigenvalue weighted by Crippen LogP contribution is 2.25. The molecule has 90 valence electrons. The zero-order valence-corrected chi connectivity index (χ0v) is 11.3. The molecule has 1 aromatic rings. The van der Waals surface area contributed by atoms with E-state index in [1.807, 2.05) is 30.8 Å². The summed E-state index contributed by atoms with van der Waals surface area (Å²) >= 11 is 1.89. The van der Waals surface area contributed by atoms with Crippen LogP contribution in [0.25, 0.3) is 0 Å². The summed E-state index contributed by atoms with van der Waals surface area (Å²) < 4.78 is 0. The number of rotatable bonds is 6. The lowest BCUT2D eigenvalue weighted by atomic mass is 10.1. The van der Waals surface area contributed by atoms with Gasteiger partial charge in [-0.15, -0.1) is 11.8 Å². The molecule has 0 saturated carbocycles. The number of benzene rings is 1. The molecule has 2 unspecified atom stereocenters. The van der Waals surface area contributed by atoms with Crippen molar-refractivity contribution >= 4 is 11.8 Å². The summed E-state index contributed by atoms with van der Waals surface area (Å²) in [6.07, 6.45) is 2.19. The van der Waals surface area contributed by atoms with E-state index in [-0.39, 0.29) is 6.10 Å². The highest BCUT2D eigenvalue weighted by molar-refractivity contribution is 7.99. The van der Waals surface area contributed by atoms with E-state index in [9.17, 15) is 5.11 Å². The third kappa shape index (κ3) is 4.58. The average molecular weight is 238 g/mol. The summed E-state index contributed by atoms with van der Waals surface area (Å²) in [4.78, 5) is 1.27. The Morgan fingerprint density at radius 3 is 2.69 bits per heavy atom. The van der Waals surface area contributed by atoms with Crippen LogP contribution in [0, 0.1) is 5.92 Å². The second-order valence-electron chi connectivity index (χ2n) is 4.45. The van der Waals surface area contributed by atoms with Crippen molar-refractivity contribution in [1.82, 2.24) is 0 Å². The molecule has 0 spiro atoms. The van der Waals surface area contributed by atoms with Crippen LogP contribution in [0.3, 0.4) is 0 Å². The average Bonchev–Trinajstić information content (AvgIpc) is 2.27. The van der Waals surface area contributed by atoms with Crippen LogP contribution in [-0.4, -0.2) is 10.9 Å².